The van der Waals surface area contributed by atoms with E-state index in [2.05, 4.69) is 31.1 Å². The maximum Gasteiger partial charge on any atom is 0.228 e. The number of methoxy groups -OCH3 is 1. The molecule has 1 aromatic carbocycles. The van der Waals surface area contributed by atoms with Crippen LogP contribution in [0, 0.1) is 5.92 Å². The third kappa shape index (κ3) is 3.61. The average molecular weight is 436 g/mol. The van der Waals surface area contributed by atoms with Crippen LogP contribution in [-0.4, -0.2) is 49.9 Å². The van der Waals surface area contributed by atoms with Crippen molar-refractivity contribution in [2.24, 2.45) is 13.0 Å². The fraction of sp³-hybridized carbons (Fsp3) is 0.333. The number of carbonyl (C=O) groups excluding carboxylic acids is 1. The highest BCUT2D eigenvalue weighted by atomic mass is 16.5. The first-order valence-corrected chi connectivity index (χ1v) is 10.3. The monoisotopic (exact) mass is 436 g/mol. The number of hydrogen-bond donors (Lipinski definition) is 4. The second-order valence-electron chi connectivity index (χ2n) is 7.93. The summed E-state index contributed by atoms with van der Waals surface area (Å²) in [5.74, 6) is 1.96. The average Bonchev–Trinajstić information content (AvgIpc) is 3.47. The number of carbonyl (C=O) groups is 1. The molecule has 11 heteroatoms. The van der Waals surface area contributed by atoms with Crippen LogP contribution in [0.5, 0.6) is 5.75 Å². The number of benzene rings is 1. The van der Waals surface area contributed by atoms with Crippen LogP contribution in [0.25, 0.3) is 11.4 Å². The summed E-state index contributed by atoms with van der Waals surface area (Å²) in [7, 11) is 5.09. The van der Waals surface area contributed by atoms with Crippen molar-refractivity contribution in [1.29, 1.82) is 0 Å². The minimum Gasteiger partial charge on any atom is -0.494 e. The van der Waals surface area contributed by atoms with Crippen LogP contribution in [0.4, 0.5) is 23.0 Å². The van der Waals surface area contributed by atoms with Crippen LogP contribution in [-0.2, 0) is 11.8 Å². The topological polar surface area (TPSA) is 129 Å². The Balaban J connectivity index is 1.55. The van der Waals surface area contributed by atoms with Crippen LogP contribution in [0.2, 0.25) is 0 Å². The summed E-state index contributed by atoms with van der Waals surface area (Å²) in [6.45, 7) is 0. The Morgan fingerprint density at radius 2 is 2.09 bits per heavy atom. The number of pyridine rings is 1. The molecule has 5 rings (SSSR count). The highest BCUT2D eigenvalue weighted by molar-refractivity contribution is 5.94. The van der Waals surface area contributed by atoms with Gasteiger partial charge in [0.05, 0.1) is 29.6 Å². The number of nitrogens with one attached hydrogen (secondary N) is 3. The molecule has 166 valence electrons. The Hall–Kier alpha value is -3.70. The number of nitrogens with zero attached hydrogens (tertiary/aromatic N) is 5. The van der Waals surface area contributed by atoms with Gasteiger partial charge in [0.2, 0.25) is 5.91 Å². The van der Waals surface area contributed by atoms with Gasteiger partial charge in [0.15, 0.2) is 23.6 Å². The van der Waals surface area contributed by atoms with Gasteiger partial charge in [0.25, 0.3) is 0 Å². The number of anilines is 4. The van der Waals surface area contributed by atoms with Crippen LogP contribution in [0.3, 0.4) is 0 Å². The summed E-state index contributed by atoms with van der Waals surface area (Å²) in [5.41, 5.74) is 5.57. The molecule has 11 nitrogen and oxygen atoms in total. The fourth-order valence-corrected chi connectivity index (χ4v) is 3.70. The van der Waals surface area contributed by atoms with Crippen LogP contribution < -0.4 is 20.8 Å². The molecule has 1 atom stereocenters. The van der Waals surface area contributed by atoms with Crippen molar-refractivity contribution >= 4 is 28.9 Å². The molecule has 2 aromatic heterocycles. The Morgan fingerprint density at radius 3 is 2.78 bits per heavy atom. The molecular weight excluding hydrogens is 412 g/mol. The van der Waals surface area contributed by atoms with E-state index in [9.17, 15) is 9.90 Å². The number of aryl methyl sites for hydroxylation is 1. The van der Waals surface area contributed by atoms with Crippen molar-refractivity contribution in [3.05, 3.63) is 36.2 Å². The lowest BCUT2D eigenvalue weighted by Crippen LogP contribution is -2.22. The van der Waals surface area contributed by atoms with E-state index in [1.54, 1.807) is 43.3 Å². The van der Waals surface area contributed by atoms with Crippen LogP contribution in [0.1, 0.15) is 24.6 Å². The number of hydrogen-bond acceptors (Lipinski definition) is 9. The van der Waals surface area contributed by atoms with Gasteiger partial charge < -0.3 is 25.9 Å². The number of aliphatic hydroxyl groups is 1. The summed E-state index contributed by atoms with van der Waals surface area (Å²) < 4.78 is 7.31. The zero-order valence-electron chi connectivity index (χ0n) is 18.0. The maximum absolute atomic E-state index is 12.3. The lowest BCUT2D eigenvalue weighted by molar-refractivity contribution is -0.117. The van der Waals surface area contributed by atoms with E-state index in [-0.39, 0.29) is 11.8 Å². The number of aromatic nitrogens is 4. The third-order valence-corrected chi connectivity index (χ3v) is 5.49. The summed E-state index contributed by atoms with van der Waals surface area (Å²) in [6, 6.07) is 7.32. The van der Waals surface area contributed by atoms with Crippen molar-refractivity contribution in [1.82, 2.24) is 24.8 Å². The molecule has 1 amide bonds. The Bertz CT molecular complexity index is 1190. The van der Waals surface area contributed by atoms with Gasteiger partial charge in [-0.15, -0.1) is 0 Å². The zero-order chi connectivity index (χ0) is 22.4. The van der Waals surface area contributed by atoms with E-state index >= 15 is 0 Å². The Morgan fingerprint density at radius 1 is 1.28 bits per heavy atom. The first-order chi connectivity index (χ1) is 15.4. The van der Waals surface area contributed by atoms with E-state index in [1.807, 2.05) is 18.2 Å². The molecule has 3 heterocycles. The number of fused-ring (bicyclic) bond motifs is 1. The van der Waals surface area contributed by atoms with E-state index in [1.165, 1.54) is 0 Å². The molecule has 1 fully saturated rings. The largest absolute Gasteiger partial charge is 0.494 e. The molecule has 4 N–H and O–H groups in total. The molecule has 3 aromatic rings. The number of para-hydroxylation sites is 1. The molecule has 2 aliphatic rings. The SMILES string of the molecule is COc1c(Nc2cc(NC(=O)C3CC3)nc3c2C(O)N(C)N3)cccc1-c1ncn(C)n1. The molecule has 1 aliphatic carbocycles. The molecule has 0 radical (unpaired) electrons. The molecule has 32 heavy (non-hydrogen) atoms. The molecule has 1 unspecified atom stereocenters. The second kappa shape index (κ2) is 7.77. The van der Waals surface area contributed by atoms with E-state index in [4.69, 9.17) is 4.74 Å². The van der Waals surface area contributed by atoms with Crippen molar-refractivity contribution in [3.63, 3.8) is 0 Å². The van der Waals surface area contributed by atoms with Crippen molar-refractivity contribution in [2.45, 2.75) is 19.1 Å². The molecule has 0 spiro atoms. The lowest BCUT2D eigenvalue weighted by atomic mass is 10.1. The van der Waals surface area contributed by atoms with Gasteiger partial charge in [-0.2, -0.15) is 10.1 Å². The quantitative estimate of drug-likeness (QED) is 0.460. The standard InChI is InChI=1S/C21H24N8O3/c1-28-10-22-18(26-28)12-5-4-6-13(17(12)32-3)23-14-9-15(25-20(30)11-7-8-11)24-19-16(14)21(31)29(2)27-19/h4-6,9-11,21,31H,7-8H2,1-3H3,(H3,23,24,25,27,30). The summed E-state index contributed by atoms with van der Waals surface area (Å²) >= 11 is 0. The van der Waals surface area contributed by atoms with Crippen molar-refractivity contribution in [2.75, 3.05) is 30.2 Å². The third-order valence-electron chi connectivity index (χ3n) is 5.49. The fourth-order valence-electron chi connectivity index (χ4n) is 3.70. The number of rotatable bonds is 6. The first-order valence-electron chi connectivity index (χ1n) is 10.3. The van der Waals surface area contributed by atoms with Crippen LogP contribution in [0.15, 0.2) is 30.6 Å². The van der Waals surface area contributed by atoms with Gasteiger partial charge in [0.1, 0.15) is 12.1 Å². The van der Waals surface area contributed by atoms with Gasteiger partial charge in [0, 0.05) is 26.1 Å². The van der Waals surface area contributed by atoms with Gasteiger partial charge in [-0.25, -0.2) is 9.97 Å². The van der Waals surface area contributed by atoms with Crippen molar-refractivity contribution < 1.29 is 14.6 Å². The number of ether oxygens (including phenoxy) is 1. The molecule has 1 saturated carbocycles. The van der Waals surface area contributed by atoms with E-state index in [0.717, 1.165) is 18.4 Å². The molecule has 0 saturated heterocycles. The van der Waals surface area contributed by atoms with Crippen LogP contribution >= 0.6 is 0 Å². The van der Waals surface area contributed by atoms with Gasteiger partial charge in [-0.05, 0) is 25.0 Å². The van der Waals surface area contributed by atoms with E-state index in [0.29, 0.717) is 40.1 Å². The van der Waals surface area contributed by atoms with E-state index < -0.39 is 6.23 Å². The summed E-state index contributed by atoms with van der Waals surface area (Å²) in [5, 5.41) is 22.8. The van der Waals surface area contributed by atoms with Gasteiger partial charge in [-0.1, -0.05) is 6.07 Å². The number of amides is 1. The lowest BCUT2D eigenvalue weighted by Gasteiger charge is -2.18. The Kier molecular flexibility index (Phi) is 4.91. The normalized spacial score (nSPS) is 17.6. The smallest absolute Gasteiger partial charge is 0.228 e. The number of hydrazine groups is 1. The molecule has 1 aliphatic heterocycles. The molecular formula is C21H24N8O3. The van der Waals surface area contributed by atoms with Gasteiger partial charge in [-0.3, -0.25) is 9.48 Å². The molecule has 0 bridgehead atoms. The number of aliphatic hydroxyl groups excluding tert-OH is 1. The first kappa shape index (κ1) is 20.2. The van der Waals surface area contributed by atoms with Gasteiger partial charge >= 0.3 is 0 Å². The second-order valence-corrected chi connectivity index (χ2v) is 7.93. The predicted octanol–water partition coefficient (Wildman–Crippen LogP) is 2.24. The minimum atomic E-state index is -0.917. The summed E-state index contributed by atoms with van der Waals surface area (Å²) in [4.78, 5) is 21.1. The van der Waals surface area contributed by atoms with Crippen molar-refractivity contribution in [3.8, 4) is 17.1 Å². The highest BCUT2D eigenvalue weighted by Gasteiger charge is 2.33. The zero-order valence-corrected chi connectivity index (χ0v) is 18.0. The highest BCUT2D eigenvalue weighted by Crippen LogP contribution is 2.42. The summed E-state index contributed by atoms with van der Waals surface area (Å²) in [6.07, 6.45) is 2.50. The Labute approximate surface area is 184 Å². The minimum absolute atomic E-state index is 0.0453. The predicted molar refractivity (Wildman–Crippen MR) is 118 cm³/mol. The maximum atomic E-state index is 12.3.